The number of nitrogens with two attached hydrogens (primary N) is 1. The summed E-state index contributed by atoms with van der Waals surface area (Å²) in [7, 11) is 3.54. The molecule has 0 spiro atoms. The molecule has 0 radical (unpaired) electrons. The number of aromatic nitrogens is 3. The van der Waals surface area contributed by atoms with E-state index in [1.165, 1.54) is 0 Å². The SMILES string of the molecule is CCC(C)(OC)C(N)Cc1cn(C)nn1. The molecule has 2 atom stereocenters. The fourth-order valence-electron chi connectivity index (χ4n) is 1.49. The minimum absolute atomic E-state index is 0.0656. The summed E-state index contributed by atoms with van der Waals surface area (Å²) in [4.78, 5) is 0. The van der Waals surface area contributed by atoms with Gasteiger partial charge in [0, 0.05) is 32.8 Å². The van der Waals surface area contributed by atoms with Gasteiger partial charge in [0.05, 0.1) is 11.3 Å². The van der Waals surface area contributed by atoms with Gasteiger partial charge < -0.3 is 10.5 Å². The van der Waals surface area contributed by atoms with Crippen LogP contribution in [0.5, 0.6) is 0 Å². The Morgan fingerprint density at radius 3 is 2.73 bits per heavy atom. The van der Waals surface area contributed by atoms with E-state index >= 15 is 0 Å². The number of hydrogen-bond donors (Lipinski definition) is 1. The molecule has 0 aliphatic heterocycles. The first kappa shape index (κ1) is 12.1. The Morgan fingerprint density at radius 1 is 1.67 bits per heavy atom. The third-order valence-electron chi connectivity index (χ3n) is 3.03. The number of rotatable bonds is 5. The second-order valence-corrected chi connectivity index (χ2v) is 4.06. The van der Waals surface area contributed by atoms with Crippen LogP contribution in [0.3, 0.4) is 0 Å². The third-order valence-corrected chi connectivity index (χ3v) is 3.03. The van der Waals surface area contributed by atoms with Gasteiger partial charge in [0.15, 0.2) is 0 Å². The smallest absolute Gasteiger partial charge is 0.0843 e. The first-order chi connectivity index (χ1) is 7.01. The van der Waals surface area contributed by atoms with Gasteiger partial charge in [-0.25, -0.2) is 0 Å². The van der Waals surface area contributed by atoms with Crippen molar-refractivity contribution < 1.29 is 4.74 Å². The third kappa shape index (κ3) is 2.76. The van der Waals surface area contributed by atoms with Crippen molar-refractivity contribution in [1.82, 2.24) is 15.0 Å². The molecule has 1 aromatic heterocycles. The molecule has 0 saturated heterocycles. The van der Waals surface area contributed by atoms with Crippen LogP contribution in [0, 0.1) is 0 Å². The van der Waals surface area contributed by atoms with E-state index in [4.69, 9.17) is 10.5 Å². The molecule has 5 nitrogen and oxygen atoms in total. The van der Waals surface area contributed by atoms with E-state index < -0.39 is 0 Å². The normalized spacial score (nSPS) is 17.4. The van der Waals surface area contributed by atoms with Gasteiger partial charge in [-0.1, -0.05) is 12.1 Å². The zero-order valence-electron chi connectivity index (χ0n) is 9.90. The minimum Gasteiger partial charge on any atom is -0.377 e. The van der Waals surface area contributed by atoms with Gasteiger partial charge >= 0.3 is 0 Å². The van der Waals surface area contributed by atoms with Crippen molar-refractivity contribution >= 4 is 0 Å². The highest BCUT2D eigenvalue weighted by Gasteiger charge is 2.30. The van der Waals surface area contributed by atoms with E-state index in [1.807, 2.05) is 20.2 Å². The molecule has 0 bridgehead atoms. The maximum atomic E-state index is 6.11. The van der Waals surface area contributed by atoms with E-state index in [1.54, 1.807) is 11.8 Å². The summed E-state index contributed by atoms with van der Waals surface area (Å²) in [5.41, 5.74) is 6.72. The summed E-state index contributed by atoms with van der Waals surface area (Å²) in [5, 5.41) is 7.89. The lowest BCUT2D eigenvalue weighted by Crippen LogP contribution is -2.48. The highest BCUT2D eigenvalue weighted by atomic mass is 16.5. The molecule has 15 heavy (non-hydrogen) atoms. The van der Waals surface area contributed by atoms with Crippen molar-refractivity contribution in [3.8, 4) is 0 Å². The molecule has 0 aliphatic carbocycles. The van der Waals surface area contributed by atoms with E-state index in [0.717, 1.165) is 12.1 Å². The lowest BCUT2D eigenvalue weighted by Gasteiger charge is -2.32. The molecular weight excluding hydrogens is 192 g/mol. The molecule has 0 amide bonds. The minimum atomic E-state index is -0.294. The summed E-state index contributed by atoms with van der Waals surface area (Å²) in [6.45, 7) is 4.09. The average Bonchev–Trinajstić information content (AvgIpc) is 2.62. The predicted molar refractivity (Wildman–Crippen MR) is 58.4 cm³/mol. The van der Waals surface area contributed by atoms with Crippen molar-refractivity contribution in [1.29, 1.82) is 0 Å². The molecule has 2 N–H and O–H groups in total. The molecule has 1 aromatic rings. The van der Waals surface area contributed by atoms with Crippen LogP contribution >= 0.6 is 0 Å². The zero-order valence-corrected chi connectivity index (χ0v) is 9.90. The summed E-state index contributed by atoms with van der Waals surface area (Å²) >= 11 is 0. The Bertz CT molecular complexity index is 306. The van der Waals surface area contributed by atoms with Gasteiger partial charge in [0.25, 0.3) is 0 Å². The van der Waals surface area contributed by atoms with Crippen LogP contribution in [0.2, 0.25) is 0 Å². The maximum absolute atomic E-state index is 6.11. The largest absolute Gasteiger partial charge is 0.377 e. The van der Waals surface area contributed by atoms with Gasteiger partial charge in [0.1, 0.15) is 0 Å². The van der Waals surface area contributed by atoms with Crippen LogP contribution < -0.4 is 5.73 Å². The van der Waals surface area contributed by atoms with Crippen LogP contribution in [0.15, 0.2) is 6.20 Å². The Hall–Kier alpha value is -0.940. The maximum Gasteiger partial charge on any atom is 0.0843 e. The van der Waals surface area contributed by atoms with Gasteiger partial charge in [0.2, 0.25) is 0 Å². The number of methoxy groups -OCH3 is 1. The first-order valence-corrected chi connectivity index (χ1v) is 5.17. The number of nitrogens with zero attached hydrogens (tertiary/aromatic N) is 3. The Kier molecular flexibility index (Phi) is 3.82. The molecular formula is C10H20N4O. The van der Waals surface area contributed by atoms with E-state index in [2.05, 4.69) is 17.2 Å². The topological polar surface area (TPSA) is 66.0 Å². The molecule has 0 aromatic carbocycles. The van der Waals surface area contributed by atoms with Crippen molar-refractivity contribution in [3.63, 3.8) is 0 Å². The second-order valence-electron chi connectivity index (χ2n) is 4.06. The Labute approximate surface area is 90.6 Å². The highest BCUT2D eigenvalue weighted by Crippen LogP contribution is 2.19. The van der Waals surface area contributed by atoms with Gasteiger partial charge in [-0.05, 0) is 13.3 Å². The fourth-order valence-corrected chi connectivity index (χ4v) is 1.49. The van der Waals surface area contributed by atoms with Crippen LogP contribution in [0.25, 0.3) is 0 Å². The van der Waals surface area contributed by atoms with Crippen molar-refractivity contribution in [2.24, 2.45) is 12.8 Å². The lowest BCUT2D eigenvalue weighted by atomic mass is 9.91. The Morgan fingerprint density at radius 2 is 2.33 bits per heavy atom. The quantitative estimate of drug-likeness (QED) is 0.772. The van der Waals surface area contributed by atoms with Crippen molar-refractivity contribution in [2.75, 3.05) is 7.11 Å². The standard InChI is InChI=1S/C10H20N4O/c1-5-10(2,15-4)9(11)6-8-7-14(3)13-12-8/h7,9H,5-6,11H2,1-4H3. The van der Waals surface area contributed by atoms with Crippen molar-refractivity contribution in [2.45, 2.75) is 38.3 Å². The van der Waals surface area contributed by atoms with E-state index in [-0.39, 0.29) is 11.6 Å². The summed E-state index contributed by atoms with van der Waals surface area (Å²) < 4.78 is 7.13. The van der Waals surface area contributed by atoms with Crippen LogP contribution in [-0.2, 0) is 18.2 Å². The molecule has 5 heteroatoms. The number of ether oxygens (including phenoxy) is 1. The summed E-state index contributed by atoms with van der Waals surface area (Å²) in [5.74, 6) is 0. The Balaban J connectivity index is 2.65. The van der Waals surface area contributed by atoms with Crippen LogP contribution in [-0.4, -0.2) is 33.7 Å². The van der Waals surface area contributed by atoms with Crippen molar-refractivity contribution in [3.05, 3.63) is 11.9 Å². The van der Waals surface area contributed by atoms with E-state index in [0.29, 0.717) is 6.42 Å². The molecule has 1 heterocycles. The number of aryl methyl sites for hydroxylation is 1. The molecule has 0 aliphatic rings. The van der Waals surface area contributed by atoms with Gasteiger partial charge in [-0.2, -0.15) is 0 Å². The van der Waals surface area contributed by atoms with E-state index in [9.17, 15) is 0 Å². The summed E-state index contributed by atoms with van der Waals surface area (Å²) in [6, 6.07) is -0.0656. The predicted octanol–water partition coefficient (Wildman–Crippen LogP) is 0.500. The fraction of sp³-hybridized carbons (Fsp3) is 0.800. The zero-order chi connectivity index (χ0) is 11.5. The number of hydrogen-bond acceptors (Lipinski definition) is 4. The van der Waals surface area contributed by atoms with Crippen LogP contribution in [0.1, 0.15) is 26.0 Å². The van der Waals surface area contributed by atoms with Gasteiger partial charge in [-0.3, -0.25) is 4.68 Å². The van der Waals surface area contributed by atoms with Crippen LogP contribution in [0.4, 0.5) is 0 Å². The lowest BCUT2D eigenvalue weighted by molar-refractivity contribution is -0.0186. The average molecular weight is 212 g/mol. The summed E-state index contributed by atoms with van der Waals surface area (Å²) in [6.07, 6.45) is 3.45. The highest BCUT2D eigenvalue weighted by molar-refractivity contribution is 5.00. The second kappa shape index (κ2) is 4.72. The molecule has 0 fully saturated rings. The molecule has 2 unspecified atom stereocenters. The molecule has 0 saturated carbocycles. The first-order valence-electron chi connectivity index (χ1n) is 5.17. The molecule has 86 valence electrons. The molecule has 1 rings (SSSR count). The monoisotopic (exact) mass is 212 g/mol. The van der Waals surface area contributed by atoms with Gasteiger partial charge in [-0.15, -0.1) is 5.10 Å².